The van der Waals surface area contributed by atoms with Crippen molar-refractivity contribution in [3.63, 3.8) is 0 Å². The molecule has 4 atom stereocenters. The molecule has 3 N–H and O–H groups in total. The van der Waals surface area contributed by atoms with Gasteiger partial charge in [0.25, 0.3) is 0 Å². The fourth-order valence-electron chi connectivity index (χ4n) is 3.84. The Morgan fingerprint density at radius 3 is 2.38 bits per heavy atom. The molecule has 1 aliphatic carbocycles. The number of carbonyl (C=O) groups excluding carboxylic acids is 2. The monoisotopic (exact) mass is 370 g/mol. The van der Waals surface area contributed by atoms with Crippen LogP contribution in [0.4, 0.5) is 0 Å². The number of aliphatic hydroxyl groups is 2. The third-order valence-electron chi connectivity index (χ3n) is 5.53. The second-order valence-corrected chi connectivity index (χ2v) is 7.55. The van der Waals surface area contributed by atoms with E-state index < -0.39 is 24.0 Å². The van der Waals surface area contributed by atoms with Crippen molar-refractivity contribution < 1.29 is 29.7 Å². The molecule has 26 heavy (non-hydrogen) atoms. The zero-order chi connectivity index (χ0) is 19.5. The summed E-state index contributed by atoms with van der Waals surface area (Å²) in [6, 6.07) is 0. The maximum atomic E-state index is 12.1. The molecule has 6 heteroatoms. The van der Waals surface area contributed by atoms with Gasteiger partial charge in [-0.2, -0.15) is 0 Å². The Hall–Kier alpha value is -1.27. The molecule has 0 aromatic heterocycles. The largest absolute Gasteiger partial charge is 0.476 e. The van der Waals surface area contributed by atoms with Crippen LogP contribution in [0, 0.1) is 11.8 Å². The average Bonchev–Trinajstić information content (AvgIpc) is 2.96. The summed E-state index contributed by atoms with van der Waals surface area (Å²) in [4.78, 5) is 33.6. The number of carboxylic acids is 1. The minimum atomic E-state index is -1.38. The third kappa shape index (κ3) is 7.96. The van der Waals surface area contributed by atoms with Gasteiger partial charge in [-0.05, 0) is 44.4 Å². The summed E-state index contributed by atoms with van der Waals surface area (Å²) >= 11 is 0. The van der Waals surface area contributed by atoms with Crippen molar-refractivity contribution in [3.05, 3.63) is 0 Å². The van der Waals surface area contributed by atoms with Gasteiger partial charge in [0.05, 0.1) is 12.2 Å². The first-order valence-corrected chi connectivity index (χ1v) is 10.0. The molecule has 0 heterocycles. The van der Waals surface area contributed by atoms with Crippen LogP contribution in [0.15, 0.2) is 0 Å². The molecule has 6 nitrogen and oxygen atoms in total. The van der Waals surface area contributed by atoms with Crippen molar-refractivity contribution in [3.8, 4) is 0 Å². The van der Waals surface area contributed by atoms with Crippen LogP contribution < -0.4 is 0 Å². The maximum absolute atomic E-state index is 12.1. The number of unbranched alkanes of at least 4 members (excludes halogenated alkanes) is 3. The quantitative estimate of drug-likeness (QED) is 0.320. The first-order chi connectivity index (χ1) is 12.4. The normalized spacial score (nSPS) is 22.3. The van der Waals surface area contributed by atoms with E-state index >= 15 is 0 Å². The number of Topliss-reactive ketones (excluding diaryl/α,β-unsaturated/α-hetero) is 2. The van der Waals surface area contributed by atoms with Gasteiger partial charge in [-0.25, -0.2) is 4.79 Å². The third-order valence-corrected chi connectivity index (χ3v) is 5.53. The van der Waals surface area contributed by atoms with E-state index in [-0.39, 0.29) is 24.0 Å². The van der Waals surface area contributed by atoms with Crippen LogP contribution in [0.2, 0.25) is 0 Å². The van der Waals surface area contributed by atoms with Gasteiger partial charge >= 0.3 is 5.97 Å². The Labute approximate surface area is 156 Å². The summed E-state index contributed by atoms with van der Waals surface area (Å²) < 4.78 is 0. The van der Waals surface area contributed by atoms with Gasteiger partial charge in [0.2, 0.25) is 5.78 Å². The van der Waals surface area contributed by atoms with Crippen molar-refractivity contribution >= 4 is 17.5 Å². The standard InChI is InChI=1S/C20H34O6/c1-2-3-8-17(22)18(23)13-11-14-10-12-16(21)15(14)7-5-4-6-9-19(24)20(25)26/h14-15,17-18,22-23H,2-13H2,1H3,(H,25,26)/t14-,15-,17?,18?/m1/s1. The molecule has 2 unspecified atom stereocenters. The summed E-state index contributed by atoms with van der Waals surface area (Å²) in [6.45, 7) is 2.05. The molecular formula is C20H34O6. The van der Waals surface area contributed by atoms with Gasteiger partial charge in [-0.15, -0.1) is 0 Å². The SMILES string of the molecule is CCCCC(O)C(O)CC[C@H]1CCC(=O)[C@@H]1CCCCCC(=O)C(=O)O. The topological polar surface area (TPSA) is 112 Å². The Balaban J connectivity index is 2.29. The maximum Gasteiger partial charge on any atom is 0.372 e. The van der Waals surface area contributed by atoms with E-state index in [0.717, 1.165) is 44.9 Å². The van der Waals surface area contributed by atoms with E-state index in [2.05, 4.69) is 0 Å². The highest BCUT2D eigenvalue weighted by molar-refractivity contribution is 6.32. The fourth-order valence-corrected chi connectivity index (χ4v) is 3.84. The Kier molecular flexibility index (Phi) is 10.7. The fraction of sp³-hybridized carbons (Fsp3) is 0.850. The summed E-state index contributed by atoms with van der Waals surface area (Å²) in [7, 11) is 0. The average molecular weight is 370 g/mol. The van der Waals surface area contributed by atoms with Crippen molar-refractivity contribution in [1.29, 1.82) is 0 Å². The highest BCUT2D eigenvalue weighted by atomic mass is 16.4. The Morgan fingerprint density at radius 1 is 1.04 bits per heavy atom. The number of hydrogen-bond acceptors (Lipinski definition) is 5. The van der Waals surface area contributed by atoms with Gasteiger partial charge < -0.3 is 15.3 Å². The lowest BCUT2D eigenvalue weighted by Crippen LogP contribution is -2.27. The van der Waals surface area contributed by atoms with Crippen molar-refractivity contribution in [1.82, 2.24) is 0 Å². The highest BCUT2D eigenvalue weighted by Crippen LogP contribution is 2.36. The molecule has 1 saturated carbocycles. The van der Waals surface area contributed by atoms with Crippen LogP contribution in [0.5, 0.6) is 0 Å². The van der Waals surface area contributed by atoms with Gasteiger partial charge in [-0.1, -0.05) is 32.6 Å². The molecule has 0 spiro atoms. The molecule has 0 radical (unpaired) electrons. The van der Waals surface area contributed by atoms with Crippen LogP contribution >= 0.6 is 0 Å². The van der Waals surface area contributed by atoms with Crippen LogP contribution in [-0.2, 0) is 14.4 Å². The van der Waals surface area contributed by atoms with E-state index in [4.69, 9.17) is 5.11 Å². The van der Waals surface area contributed by atoms with Crippen molar-refractivity contribution in [2.75, 3.05) is 0 Å². The van der Waals surface area contributed by atoms with Crippen LogP contribution in [0.25, 0.3) is 0 Å². The van der Waals surface area contributed by atoms with E-state index in [9.17, 15) is 24.6 Å². The van der Waals surface area contributed by atoms with Gasteiger partial charge in [0.15, 0.2) is 0 Å². The Bertz CT molecular complexity index is 461. The number of hydrogen-bond donors (Lipinski definition) is 3. The van der Waals surface area contributed by atoms with Crippen LogP contribution in [0.1, 0.15) is 84.0 Å². The lowest BCUT2D eigenvalue weighted by Gasteiger charge is -2.22. The smallest absolute Gasteiger partial charge is 0.372 e. The lowest BCUT2D eigenvalue weighted by atomic mass is 9.85. The van der Waals surface area contributed by atoms with Gasteiger partial charge in [-0.3, -0.25) is 9.59 Å². The molecule has 1 fully saturated rings. The van der Waals surface area contributed by atoms with E-state index in [0.29, 0.717) is 25.7 Å². The number of rotatable bonds is 14. The highest BCUT2D eigenvalue weighted by Gasteiger charge is 2.34. The summed E-state index contributed by atoms with van der Waals surface area (Å²) in [5.41, 5.74) is 0. The molecule has 0 saturated heterocycles. The number of aliphatic carboxylic acids is 1. The van der Waals surface area contributed by atoms with Gasteiger partial charge in [0.1, 0.15) is 5.78 Å². The molecule has 0 aromatic rings. The first kappa shape index (κ1) is 22.8. The number of carboxylic acid groups (broad SMARTS) is 1. The predicted octanol–water partition coefficient (Wildman–Crippen LogP) is 2.88. The van der Waals surface area contributed by atoms with E-state index in [1.54, 1.807) is 0 Å². The zero-order valence-corrected chi connectivity index (χ0v) is 15.9. The molecule has 0 bridgehead atoms. The molecular weight excluding hydrogens is 336 g/mol. The van der Waals surface area contributed by atoms with Gasteiger partial charge in [0, 0.05) is 18.8 Å². The summed E-state index contributed by atoms with van der Waals surface area (Å²) in [5, 5.41) is 28.6. The van der Waals surface area contributed by atoms with Crippen LogP contribution in [0.3, 0.4) is 0 Å². The molecule has 0 amide bonds. The number of aliphatic hydroxyl groups excluding tert-OH is 2. The van der Waals surface area contributed by atoms with Crippen molar-refractivity contribution in [2.45, 2.75) is 96.2 Å². The number of carbonyl (C=O) groups is 3. The zero-order valence-electron chi connectivity index (χ0n) is 15.9. The first-order valence-electron chi connectivity index (χ1n) is 10.0. The minimum Gasteiger partial charge on any atom is -0.476 e. The second kappa shape index (κ2) is 12.2. The number of ketones is 2. The summed E-state index contributed by atoms with van der Waals surface area (Å²) in [6.07, 6.45) is 6.70. The molecule has 1 aliphatic rings. The summed E-state index contributed by atoms with van der Waals surface area (Å²) in [5.74, 6) is -1.59. The lowest BCUT2D eigenvalue weighted by molar-refractivity contribution is -0.149. The van der Waals surface area contributed by atoms with Crippen molar-refractivity contribution in [2.24, 2.45) is 11.8 Å². The Morgan fingerprint density at radius 2 is 1.73 bits per heavy atom. The predicted molar refractivity (Wildman–Crippen MR) is 97.7 cm³/mol. The second-order valence-electron chi connectivity index (χ2n) is 7.55. The van der Waals surface area contributed by atoms with E-state index in [1.807, 2.05) is 6.92 Å². The molecule has 0 aliphatic heterocycles. The minimum absolute atomic E-state index is 0.00478. The molecule has 150 valence electrons. The van der Waals surface area contributed by atoms with E-state index in [1.165, 1.54) is 0 Å². The van der Waals surface area contributed by atoms with Crippen LogP contribution in [-0.4, -0.2) is 45.1 Å². The molecule has 0 aromatic carbocycles. The molecule has 1 rings (SSSR count).